The molecule has 6 heteroatoms. The largest absolute Gasteiger partial charge is 0.334 e. The maximum Gasteiger partial charge on any atom is 0.322 e. The first-order valence-electron chi connectivity index (χ1n) is 11.7. The molecule has 176 valence electrons. The van der Waals surface area contributed by atoms with Crippen LogP contribution in [0.25, 0.3) is 17.0 Å². The van der Waals surface area contributed by atoms with Crippen molar-refractivity contribution in [2.75, 3.05) is 0 Å². The lowest BCUT2D eigenvalue weighted by atomic mass is 9.93. The first-order chi connectivity index (χ1) is 16.9. The summed E-state index contributed by atoms with van der Waals surface area (Å²) in [5, 5.41) is 7.45. The number of nitrogens with one attached hydrogen (secondary N) is 1. The average molecular weight is 465 g/mol. The maximum absolute atomic E-state index is 13.3. The molecule has 1 aromatic heterocycles. The Labute approximate surface area is 205 Å². The molecule has 1 aliphatic rings. The van der Waals surface area contributed by atoms with Crippen LogP contribution >= 0.6 is 0 Å². The van der Waals surface area contributed by atoms with Gasteiger partial charge in [0.15, 0.2) is 0 Å². The van der Waals surface area contributed by atoms with Crippen LogP contribution in [0.2, 0.25) is 0 Å². The Kier molecular flexibility index (Phi) is 5.95. The first-order valence-corrected chi connectivity index (χ1v) is 11.7. The normalized spacial score (nSPS) is 15.9. The number of rotatable bonds is 5. The number of carbonyl (C=O) groups is 1. The van der Waals surface area contributed by atoms with Crippen LogP contribution in [0.1, 0.15) is 46.7 Å². The number of nitrogens with zero attached hydrogens (tertiary/aromatic N) is 3. The minimum atomic E-state index is -0.401. The predicted octanol–water partition coefficient (Wildman–Crippen LogP) is 6.36. The summed E-state index contributed by atoms with van der Waals surface area (Å²) in [6.07, 6.45) is 0. The SMILES string of the molecule is CC1=C(c2nc(-c3cccc(C)c3)no2)C(c2ccc(C)cc2)NC(=O)N1Cc1ccccc1C. The highest BCUT2D eigenvalue weighted by Gasteiger charge is 2.36. The molecule has 35 heavy (non-hydrogen) atoms. The Morgan fingerprint density at radius 2 is 1.69 bits per heavy atom. The number of hydrogen-bond donors (Lipinski definition) is 1. The predicted molar refractivity (Wildman–Crippen MR) is 136 cm³/mol. The molecular weight excluding hydrogens is 436 g/mol. The monoisotopic (exact) mass is 464 g/mol. The Morgan fingerprint density at radius 1 is 0.914 bits per heavy atom. The minimum Gasteiger partial charge on any atom is -0.334 e. The van der Waals surface area contributed by atoms with E-state index < -0.39 is 6.04 Å². The average Bonchev–Trinajstić information content (AvgIpc) is 3.33. The van der Waals surface area contributed by atoms with E-state index in [4.69, 9.17) is 9.51 Å². The molecule has 1 aliphatic heterocycles. The van der Waals surface area contributed by atoms with Crippen molar-refractivity contribution in [3.8, 4) is 11.4 Å². The fourth-order valence-corrected chi connectivity index (χ4v) is 4.45. The second kappa shape index (κ2) is 9.22. The molecule has 6 nitrogen and oxygen atoms in total. The summed E-state index contributed by atoms with van der Waals surface area (Å²) in [6, 6.07) is 23.7. The second-order valence-corrected chi connectivity index (χ2v) is 9.10. The van der Waals surface area contributed by atoms with E-state index in [-0.39, 0.29) is 6.03 Å². The lowest BCUT2D eigenvalue weighted by Gasteiger charge is -2.35. The second-order valence-electron chi connectivity index (χ2n) is 9.10. The van der Waals surface area contributed by atoms with Gasteiger partial charge >= 0.3 is 6.03 Å². The number of hydrogen-bond acceptors (Lipinski definition) is 4. The Morgan fingerprint density at radius 3 is 2.43 bits per heavy atom. The van der Waals surface area contributed by atoms with Crippen molar-refractivity contribution in [2.45, 2.75) is 40.3 Å². The van der Waals surface area contributed by atoms with Crippen LogP contribution in [0, 0.1) is 20.8 Å². The van der Waals surface area contributed by atoms with Gasteiger partial charge in [0.25, 0.3) is 5.89 Å². The quantitative estimate of drug-likeness (QED) is 0.373. The summed E-state index contributed by atoms with van der Waals surface area (Å²) in [6.45, 7) is 8.53. The Hall–Kier alpha value is -4.19. The van der Waals surface area contributed by atoms with E-state index in [0.29, 0.717) is 18.3 Å². The topological polar surface area (TPSA) is 71.3 Å². The van der Waals surface area contributed by atoms with Gasteiger partial charge in [-0.2, -0.15) is 4.98 Å². The maximum atomic E-state index is 13.3. The van der Waals surface area contributed by atoms with Crippen LogP contribution in [0.4, 0.5) is 4.79 Å². The lowest BCUT2D eigenvalue weighted by Crippen LogP contribution is -2.45. The summed E-state index contributed by atoms with van der Waals surface area (Å²) < 4.78 is 5.80. The van der Waals surface area contributed by atoms with Crippen LogP contribution in [-0.2, 0) is 6.54 Å². The molecule has 0 saturated carbocycles. The highest BCUT2D eigenvalue weighted by atomic mass is 16.5. The molecule has 0 bridgehead atoms. The van der Waals surface area contributed by atoms with Crippen LogP contribution in [0.15, 0.2) is 83.0 Å². The zero-order chi connectivity index (χ0) is 24.5. The molecule has 0 spiro atoms. The molecular formula is C29H28N4O2. The zero-order valence-corrected chi connectivity index (χ0v) is 20.4. The Balaban J connectivity index is 1.61. The molecule has 0 aliphatic carbocycles. The third-order valence-corrected chi connectivity index (χ3v) is 6.53. The van der Waals surface area contributed by atoms with Crippen molar-refractivity contribution in [2.24, 2.45) is 0 Å². The standard InChI is InChI=1S/C29H28N4O2/c1-18-12-14-22(15-13-18)26-25(28-31-27(32-35-28)23-11-7-8-19(2)16-23)21(4)33(29(34)30-26)17-24-10-6-5-9-20(24)3/h5-16,26H,17H2,1-4H3,(H,30,34). The van der Waals surface area contributed by atoms with E-state index in [1.165, 1.54) is 0 Å². The van der Waals surface area contributed by atoms with Crippen molar-refractivity contribution >= 4 is 11.6 Å². The Bertz CT molecular complexity index is 1420. The van der Waals surface area contributed by atoms with Gasteiger partial charge in [0.05, 0.1) is 18.2 Å². The van der Waals surface area contributed by atoms with Crippen molar-refractivity contribution < 1.29 is 9.32 Å². The smallest absolute Gasteiger partial charge is 0.322 e. The van der Waals surface area contributed by atoms with E-state index in [1.54, 1.807) is 4.90 Å². The summed E-state index contributed by atoms with van der Waals surface area (Å²) in [5.74, 6) is 0.924. The van der Waals surface area contributed by atoms with Crippen LogP contribution in [0.3, 0.4) is 0 Å². The highest BCUT2D eigenvalue weighted by Crippen LogP contribution is 2.38. The zero-order valence-electron chi connectivity index (χ0n) is 20.4. The number of amides is 2. The summed E-state index contributed by atoms with van der Waals surface area (Å²) in [7, 11) is 0. The van der Waals surface area contributed by atoms with Crippen molar-refractivity contribution in [1.29, 1.82) is 0 Å². The van der Waals surface area contributed by atoms with Crippen LogP contribution in [0.5, 0.6) is 0 Å². The fourth-order valence-electron chi connectivity index (χ4n) is 4.45. The van der Waals surface area contributed by atoms with Gasteiger partial charge in [-0.1, -0.05) is 83.0 Å². The molecule has 5 rings (SSSR count). The first kappa shape index (κ1) is 22.6. The number of benzene rings is 3. The molecule has 0 saturated heterocycles. The molecule has 2 amide bonds. The van der Waals surface area contributed by atoms with E-state index in [9.17, 15) is 4.79 Å². The third kappa shape index (κ3) is 4.47. The van der Waals surface area contributed by atoms with Gasteiger partial charge < -0.3 is 9.84 Å². The molecule has 0 radical (unpaired) electrons. The number of urea groups is 1. The summed E-state index contributed by atoms with van der Waals surface area (Å²) in [5.41, 5.74) is 7.94. The van der Waals surface area contributed by atoms with E-state index in [2.05, 4.69) is 23.5 Å². The van der Waals surface area contributed by atoms with Gasteiger partial charge in [-0.05, 0) is 50.5 Å². The van der Waals surface area contributed by atoms with Gasteiger partial charge in [-0.15, -0.1) is 0 Å². The molecule has 1 unspecified atom stereocenters. The molecule has 2 heterocycles. The lowest BCUT2D eigenvalue weighted by molar-refractivity contribution is 0.203. The van der Waals surface area contributed by atoms with Crippen molar-refractivity contribution in [1.82, 2.24) is 20.4 Å². The van der Waals surface area contributed by atoms with Gasteiger partial charge in [0, 0.05) is 11.3 Å². The van der Waals surface area contributed by atoms with E-state index >= 15 is 0 Å². The van der Waals surface area contributed by atoms with Gasteiger partial charge in [0.2, 0.25) is 5.82 Å². The number of allylic oxidation sites excluding steroid dienone is 1. The molecule has 1 atom stereocenters. The minimum absolute atomic E-state index is 0.154. The van der Waals surface area contributed by atoms with Crippen LogP contribution < -0.4 is 5.32 Å². The third-order valence-electron chi connectivity index (χ3n) is 6.53. The van der Waals surface area contributed by atoms with Gasteiger partial charge in [-0.3, -0.25) is 4.90 Å². The molecule has 0 fully saturated rings. The van der Waals surface area contributed by atoms with Gasteiger partial charge in [-0.25, -0.2) is 4.79 Å². The van der Waals surface area contributed by atoms with E-state index in [1.807, 2.05) is 87.5 Å². The molecule has 1 N–H and O–H groups in total. The number of aryl methyl sites for hydroxylation is 3. The van der Waals surface area contributed by atoms with Crippen molar-refractivity contribution in [3.05, 3.63) is 112 Å². The van der Waals surface area contributed by atoms with Gasteiger partial charge in [0.1, 0.15) is 0 Å². The number of carbonyl (C=O) groups excluding carboxylic acids is 1. The highest BCUT2D eigenvalue weighted by molar-refractivity contribution is 5.87. The molecule has 3 aromatic carbocycles. The van der Waals surface area contributed by atoms with E-state index in [0.717, 1.165) is 44.7 Å². The van der Waals surface area contributed by atoms with Crippen LogP contribution in [-0.4, -0.2) is 21.1 Å². The summed E-state index contributed by atoms with van der Waals surface area (Å²) in [4.78, 5) is 19.8. The fraction of sp³-hybridized carbons (Fsp3) is 0.207. The van der Waals surface area contributed by atoms with Crippen molar-refractivity contribution in [3.63, 3.8) is 0 Å². The molecule has 4 aromatic rings. The number of aromatic nitrogens is 2. The summed E-state index contributed by atoms with van der Waals surface area (Å²) >= 11 is 0.